The number of benzene rings is 2. The summed E-state index contributed by atoms with van der Waals surface area (Å²) in [5.74, 6) is 2.06. The molecule has 0 amide bonds. The van der Waals surface area contributed by atoms with Crippen LogP contribution in [0.25, 0.3) is 0 Å². The SMILES string of the molecule is C=CP(c1ccccc1)c1ccccc1.[CH2-]CCC.[Li+]. The molecule has 0 spiro atoms. The number of hydrogen-bond acceptors (Lipinski definition) is 0. The van der Waals surface area contributed by atoms with Crippen LogP contribution in [0.3, 0.4) is 0 Å². The third kappa shape index (κ3) is 6.58. The van der Waals surface area contributed by atoms with Crippen LogP contribution >= 0.6 is 7.92 Å². The van der Waals surface area contributed by atoms with Crippen LogP contribution in [0.5, 0.6) is 0 Å². The Balaban J connectivity index is 0.000000644. The summed E-state index contributed by atoms with van der Waals surface area (Å²) < 4.78 is 0. The summed E-state index contributed by atoms with van der Waals surface area (Å²) in [4.78, 5) is 0. The monoisotopic (exact) mass is 276 g/mol. The van der Waals surface area contributed by atoms with E-state index in [0.29, 0.717) is 0 Å². The van der Waals surface area contributed by atoms with Gasteiger partial charge in [-0.1, -0.05) is 86.4 Å². The van der Waals surface area contributed by atoms with Crippen LogP contribution in [0.1, 0.15) is 19.8 Å². The van der Waals surface area contributed by atoms with Gasteiger partial charge >= 0.3 is 18.9 Å². The molecule has 0 saturated heterocycles. The molecule has 0 aliphatic rings. The molecule has 0 nitrogen and oxygen atoms in total. The van der Waals surface area contributed by atoms with Crippen molar-refractivity contribution in [3.05, 3.63) is 80.0 Å². The topological polar surface area (TPSA) is 0 Å². The van der Waals surface area contributed by atoms with Gasteiger partial charge in [0, 0.05) is 0 Å². The molecule has 2 aromatic carbocycles. The van der Waals surface area contributed by atoms with Gasteiger partial charge in [0.2, 0.25) is 0 Å². The average molecular weight is 276 g/mol. The van der Waals surface area contributed by atoms with E-state index >= 15 is 0 Å². The summed E-state index contributed by atoms with van der Waals surface area (Å²) in [5, 5.41) is 2.71. The van der Waals surface area contributed by atoms with Gasteiger partial charge in [0.1, 0.15) is 0 Å². The molecule has 0 fully saturated rings. The first-order valence-corrected chi connectivity index (χ1v) is 8.05. The molecular formula is C18H22LiP. The molecule has 0 bridgehead atoms. The first-order chi connectivity index (χ1) is 9.33. The van der Waals surface area contributed by atoms with Gasteiger partial charge in [0.05, 0.1) is 0 Å². The Labute approximate surface area is 137 Å². The minimum Gasteiger partial charge on any atom is -0.343 e. The molecule has 0 aliphatic carbocycles. The van der Waals surface area contributed by atoms with E-state index in [1.165, 1.54) is 17.0 Å². The summed E-state index contributed by atoms with van der Waals surface area (Å²) in [7, 11) is -0.385. The van der Waals surface area contributed by atoms with Crippen molar-refractivity contribution in [1.82, 2.24) is 0 Å². The maximum absolute atomic E-state index is 3.94. The van der Waals surface area contributed by atoms with Crippen molar-refractivity contribution >= 4 is 18.5 Å². The summed E-state index contributed by atoms with van der Waals surface area (Å²) in [6.45, 7) is 9.66. The standard InChI is InChI=1S/C14H13P.C4H9.Li/c1-2-15(13-9-5-3-6-10-13)14-11-7-4-8-12-14;1-3-4-2;/h2-12H,1H2;1,3-4H2,2H3;/q;-1;+1. The van der Waals surface area contributed by atoms with E-state index in [-0.39, 0.29) is 26.8 Å². The van der Waals surface area contributed by atoms with E-state index in [1.807, 2.05) is 12.1 Å². The molecule has 2 rings (SSSR count). The zero-order valence-electron chi connectivity index (χ0n) is 12.6. The second-order valence-corrected chi connectivity index (χ2v) is 6.22. The van der Waals surface area contributed by atoms with Crippen LogP contribution in [-0.2, 0) is 0 Å². The summed E-state index contributed by atoms with van der Waals surface area (Å²) in [5.41, 5.74) is 0. The van der Waals surface area contributed by atoms with E-state index in [1.54, 1.807) is 0 Å². The van der Waals surface area contributed by atoms with Crippen LogP contribution in [0.2, 0.25) is 0 Å². The van der Waals surface area contributed by atoms with Crippen LogP contribution in [0.15, 0.2) is 73.1 Å². The largest absolute Gasteiger partial charge is 1.00 e. The van der Waals surface area contributed by atoms with Crippen LogP contribution in [0.4, 0.5) is 0 Å². The maximum Gasteiger partial charge on any atom is 1.00 e. The molecule has 0 unspecified atom stereocenters. The summed E-state index contributed by atoms with van der Waals surface area (Å²) >= 11 is 0. The number of rotatable bonds is 4. The molecular weight excluding hydrogens is 254 g/mol. The Morgan fingerprint density at radius 1 is 0.950 bits per heavy atom. The number of hydrogen-bond donors (Lipinski definition) is 0. The summed E-state index contributed by atoms with van der Waals surface area (Å²) in [6, 6.07) is 21.1. The van der Waals surface area contributed by atoms with Crippen molar-refractivity contribution in [3.63, 3.8) is 0 Å². The van der Waals surface area contributed by atoms with E-state index in [4.69, 9.17) is 0 Å². The average Bonchev–Trinajstić information content (AvgIpc) is 2.50. The third-order valence-electron chi connectivity index (χ3n) is 2.60. The van der Waals surface area contributed by atoms with Crippen LogP contribution in [0, 0.1) is 6.92 Å². The van der Waals surface area contributed by atoms with Gasteiger partial charge in [-0.2, -0.15) is 6.42 Å². The van der Waals surface area contributed by atoms with Gasteiger partial charge in [-0.15, -0.1) is 0 Å². The van der Waals surface area contributed by atoms with E-state index in [2.05, 4.69) is 74.8 Å². The molecule has 0 aromatic heterocycles. The van der Waals surface area contributed by atoms with Gasteiger partial charge in [-0.3, -0.25) is 0 Å². The fraction of sp³-hybridized carbons (Fsp3) is 0.167. The van der Waals surface area contributed by atoms with Crippen molar-refractivity contribution < 1.29 is 18.9 Å². The minimum atomic E-state index is -0.385. The zero-order chi connectivity index (χ0) is 13.9. The molecule has 0 radical (unpaired) electrons. The first kappa shape index (κ1) is 19.2. The quantitative estimate of drug-likeness (QED) is 0.454. The molecule has 0 atom stereocenters. The minimum absolute atomic E-state index is 0. The molecule has 0 aliphatic heterocycles. The second-order valence-electron chi connectivity index (χ2n) is 4.08. The van der Waals surface area contributed by atoms with Crippen molar-refractivity contribution in [2.24, 2.45) is 0 Å². The Kier molecular flexibility index (Phi) is 11.5. The van der Waals surface area contributed by atoms with Crippen molar-refractivity contribution in [2.75, 3.05) is 0 Å². The second kappa shape index (κ2) is 12.0. The van der Waals surface area contributed by atoms with Gasteiger partial charge in [-0.25, -0.2) is 0 Å². The Hall–Kier alpha value is -0.793. The summed E-state index contributed by atoms with van der Waals surface area (Å²) in [6.07, 6.45) is 2.28. The predicted octanol–water partition coefficient (Wildman–Crippen LogP) is 1.89. The molecule has 0 heterocycles. The van der Waals surface area contributed by atoms with Crippen molar-refractivity contribution in [3.8, 4) is 0 Å². The van der Waals surface area contributed by atoms with E-state index in [0.717, 1.165) is 6.42 Å². The molecule has 0 N–H and O–H groups in total. The van der Waals surface area contributed by atoms with Crippen LogP contribution < -0.4 is 29.5 Å². The van der Waals surface area contributed by atoms with Gasteiger partial charge in [-0.05, 0) is 18.5 Å². The zero-order valence-corrected chi connectivity index (χ0v) is 13.5. The fourth-order valence-corrected chi connectivity index (χ4v) is 3.24. The normalized spacial score (nSPS) is 9.15. The Morgan fingerprint density at radius 2 is 1.30 bits per heavy atom. The molecule has 0 saturated carbocycles. The first-order valence-electron chi connectivity index (χ1n) is 6.64. The smallest absolute Gasteiger partial charge is 0.343 e. The molecule has 100 valence electrons. The molecule has 2 aromatic rings. The van der Waals surface area contributed by atoms with Crippen molar-refractivity contribution in [2.45, 2.75) is 19.8 Å². The van der Waals surface area contributed by atoms with E-state index in [9.17, 15) is 0 Å². The van der Waals surface area contributed by atoms with Gasteiger partial charge < -0.3 is 6.92 Å². The van der Waals surface area contributed by atoms with Gasteiger partial charge in [0.15, 0.2) is 0 Å². The Bertz CT molecular complexity index is 412. The Morgan fingerprint density at radius 3 is 1.55 bits per heavy atom. The van der Waals surface area contributed by atoms with Crippen molar-refractivity contribution in [1.29, 1.82) is 0 Å². The predicted molar refractivity (Wildman–Crippen MR) is 89.5 cm³/mol. The van der Waals surface area contributed by atoms with Crippen LogP contribution in [-0.4, -0.2) is 0 Å². The molecule has 20 heavy (non-hydrogen) atoms. The van der Waals surface area contributed by atoms with Gasteiger partial charge in [0.25, 0.3) is 0 Å². The fourth-order valence-electron chi connectivity index (χ4n) is 1.54. The maximum atomic E-state index is 3.94. The number of unbranched alkanes of at least 4 members (excludes halogenated alkanes) is 1. The third-order valence-corrected chi connectivity index (χ3v) is 4.68. The van der Waals surface area contributed by atoms with E-state index < -0.39 is 0 Å². The molecule has 2 heteroatoms.